The highest BCUT2D eigenvalue weighted by Crippen LogP contribution is 2.22. The highest BCUT2D eigenvalue weighted by molar-refractivity contribution is 5.77. The van der Waals surface area contributed by atoms with Crippen LogP contribution in [-0.4, -0.2) is 53.4 Å². The molecule has 0 radical (unpaired) electrons. The molecule has 1 saturated heterocycles. The van der Waals surface area contributed by atoms with Gasteiger partial charge in [-0.15, -0.1) is 0 Å². The second-order valence-electron chi connectivity index (χ2n) is 4.86. The van der Waals surface area contributed by atoms with Crippen molar-refractivity contribution < 1.29 is 9.53 Å². The summed E-state index contributed by atoms with van der Waals surface area (Å²) in [7, 11) is 1.85. The molecule has 0 spiro atoms. The maximum atomic E-state index is 12.0. The van der Waals surface area contributed by atoms with Crippen LogP contribution in [0.2, 0.25) is 0 Å². The molecule has 0 saturated carbocycles. The van der Waals surface area contributed by atoms with Crippen LogP contribution in [0, 0.1) is 0 Å². The molecule has 0 unspecified atom stereocenters. The number of aromatic nitrogens is 2. The van der Waals surface area contributed by atoms with E-state index in [0.29, 0.717) is 45.0 Å². The van der Waals surface area contributed by atoms with Crippen molar-refractivity contribution in [2.45, 2.75) is 19.8 Å². The van der Waals surface area contributed by atoms with Crippen LogP contribution in [0.3, 0.4) is 0 Å². The van der Waals surface area contributed by atoms with Crippen molar-refractivity contribution in [1.82, 2.24) is 14.7 Å². The molecule has 7 heteroatoms. The molecule has 1 aliphatic rings. The number of anilines is 2. The molecule has 1 fully saturated rings. The van der Waals surface area contributed by atoms with Gasteiger partial charge in [-0.2, -0.15) is 5.10 Å². The number of morpholine rings is 1. The highest BCUT2D eigenvalue weighted by Gasteiger charge is 2.17. The Morgan fingerprint density at radius 2 is 2.15 bits per heavy atom. The van der Waals surface area contributed by atoms with Gasteiger partial charge in [-0.1, -0.05) is 6.92 Å². The predicted octanol–water partition coefficient (Wildman–Crippen LogP) is 0.226. The van der Waals surface area contributed by atoms with Crippen LogP contribution >= 0.6 is 0 Å². The molecule has 2 rings (SSSR count). The molecule has 1 aromatic heterocycles. The number of carbonyl (C=O) groups excluding carboxylic acids is 1. The van der Waals surface area contributed by atoms with Crippen LogP contribution in [0.1, 0.15) is 19.0 Å². The lowest BCUT2D eigenvalue weighted by atomic mass is 10.3. The number of carbonyl (C=O) groups is 1. The number of ether oxygens (including phenoxy) is 1. The largest absolute Gasteiger partial charge is 0.394 e. The first-order valence-electron chi connectivity index (χ1n) is 7.04. The summed E-state index contributed by atoms with van der Waals surface area (Å²) in [6.45, 7) is 5.22. The zero-order valence-electron chi connectivity index (χ0n) is 12.2. The van der Waals surface area contributed by atoms with Gasteiger partial charge in [-0.05, 0) is 6.42 Å². The number of hydrogen-bond acceptors (Lipinski definition) is 5. The van der Waals surface area contributed by atoms with E-state index in [1.165, 1.54) is 0 Å². The van der Waals surface area contributed by atoms with Crippen LogP contribution in [0.25, 0.3) is 0 Å². The molecule has 1 aliphatic heterocycles. The number of nitrogens with one attached hydrogen (secondary N) is 1. The third kappa shape index (κ3) is 3.22. The summed E-state index contributed by atoms with van der Waals surface area (Å²) in [4.78, 5) is 13.8. The molecule has 7 nitrogen and oxygen atoms in total. The average Bonchev–Trinajstić information content (AvgIpc) is 2.75. The average molecular weight is 281 g/mol. The van der Waals surface area contributed by atoms with E-state index in [1.54, 1.807) is 4.68 Å². The van der Waals surface area contributed by atoms with Crippen molar-refractivity contribution >= 4 is 17.4 Å². The monoisotopic (exact) mass is 281 g/mol. The van der Waals surface area contributed by atoms with Gasteiger partial charge in [0, 0.05) is 33.1 Å². The fourth-order valence-electron chi connectivity index (χ4n) is 2.33. The van der Waals surface area contributed by atoms with Crippen LogP contribution < -0.4 is 11.1 Å². The minimum Gasteiger partial charge on any atom is -0.394 e. The summed E-state index contributed by atoms with van der Waals surface area (Å²) >= 11 is 0. The number of amides is 1. The lowest BCUT2D eigenvalue weighted by molar-refractivity contribution is -0.134. The summed E-state index contributed by atoms with van der Waals surface area (Å²) < 4.78 is 6.96. The second kappa shape index (κ2) is 6.60. The van der Waals surface area contributed by atoms with Crippen LogP contribution in [0.4, 0.5) is 11.5 Å². The predicted molar refractivity (Wildman–Crippen MR) is 77.5 cm³/mol. The molecule has 1 aromatic rings. The first-order chi connectivity index (χ1) is 9.63. The third-order valence-electron chi connectivity index (χ3n) is 3.49. The Bertz CT molecular complexity index is 466. The Hall–Kier alpha value is -1.76. The van der Waals surface area contributed by atoms with E-state index in [0.717, 1.165) is 17.9 Å². The van der Waals surface area contributed by atoms with Gasteiger partial charge in [0.25, 0.3) is 0 Å². The summed E-state index contributed by atoms with van der Waals surface area (Å²) in [5, 5.41) is 7.54. The smallest absolute Gasteiger partial charge is 0.224 e. The normalized spacial score (nSPS) is 15.4. The van der Waals surface area contributed by atoms with Gasteiger partial charge < -0.3 is 20.7 Å². The topological polar surface area (TPSA) is 85.4 Å². The van der Waals surface area contributed by atoms with E-state index in [1.807, 2.05) is 18.9 Å². The molecule has 0 bridgehead atoms. The Balaban J connectivity index is 1.83. The molecular weight excluding hydrogens is 258 g/mol. The van der Waals surface area contributed by atoms with Gasteiger partial charge in [-0.25, -0.2) is 0 Å². The molecule has 3 N–H and O–H groups in total. The minimum atomic E-state index is 0.150. The Morgan fingerprint density at radius 1 is 1.45 bits per heavy atom. The van der Waals surface area contributed by atoms with Crippen LogP contribution in [-0.2, 0) is 23.0 Å². The molecule has 2 heterocycles. The van der Waals surface area contributed by atoms with E-state index in [2.05, 4.69) is 10.4 Å². The molecule has 0 atom stereocenters. The van der Waals surface area contributed by atoms with Crippen molar-refractivity contribution in [2.75, 3.05) is 43.9 Å². The fourth-order valence-corrected chi connectivity index (χ4v) is 2.33. The van der Waals surface area contributed by atoms with Crippen LogP contribution in [0.15, 0.2) is 0 Å². The first-order valence-corrected chi connectivity index (χ1v) is 7.04. The summed E-state index contributed by atoms with van der Waals surface area (Å²) in [6, 6.07) is 0. The third-order valence-corrected chi connectivity index (χ3v) is 3.49. The number of aryl methyl sites for hydroxylation is 2. The SMILES string of the molecule is CCc1nn(C)c(NCCC(=O)N2CCOCC2)c1N. The fraction of sp³-hybridized carbons (Fsp3) is 0.692. The Kier molecular flexibility index (Phi) is 4.84. The van der Waals surface area contributed by atoms with Gasteiger partial charge in [0.15, 0.2) is 0 Å². The molecule has 1 amide bonds. The maximum Gasteiger partial charge on any atom is 0.224 e. The molecule has 0 aromatic carbocycles. The van der Waals surface area contributed by atoms with Crippen molar-refractivity contribution in [3.05, 3.63) is 5.69 Å². The second-order valence-corrected chi connectivity index (χ2v) is 4.86. The van der Waals surface area contributed by atoms with Crippen molar-refractivity contribution in [3.63, 3.8) is 0 Å². The Labute approximate surface area is 119 Å². The number of nitrogens with zero attached hydrogens (tertiary/aromatic N) is 3. The van der Waals surface area contributed by atoms with Gasteiger partial charge in [0.1, 0.15) is 5.82 Å². The number of hydrogen-bond donors (Lipinski definition) is 2. The maximum absolute atomic E-state index is 12.0. The molecule has 112 valence electrons. The van der Waals surface area contributed by atoms with Gasteiger partial charge in [0.05, 0.1) is 24.6 Å². The minimum absolute atomic E-state index is 0.150. The van der Waals surface area contributed by atoms with E-state index >= 15 is 0 Å². The summed E-state index contributed by atoms with van der Waals surface area (Å²) in [5.74, 6) is 0.939. The quantitative estimate of drug-likeness (QED) is 0.806. The molecule has 0 aliphatic carbocycles. The van der Waals surface area contributed by atoms with E-state index in [-0.39, 0.29) is 5.91 Å². The Morgan fingerprint density at radius 3 is 2.75 bits per heavy atom. The lowest BCUT2D eigenvalue weighted by Gasteiger charge is -2.26. The van der Waals surface area contributed by atoms with Gasteiger partial charge >= 0.3 is 0 Å². The van der Waals surface area contributed by atoms with Crippen molar-refractivity contribution in [1.29, 1.82) is 0 Å². The number of nitrogen functional groups attached to an aromatic ring is 1. The zero-order valence-corrected chi connectivity index (χ0v) is 12.2. The highest BCUT2D eigenvalue weighted by atomic mass is 16.5. The van der Waals surface area contributed by atoms with Gasteiger partial charge in [-0.3, -0.25) is 9.48 Å². The van der Waals surface area contributed by atoms with Crippen LogP contribution in [0.5, 0.6) is 0 Å². The molecular formula is C13H23N5O2. The number of rotatable bonds is 5. The van der Waals surface area contributed by atoms with Crippen molar-refractivity contribution in [3.8, 4) is 0 Å². The summed E-state index contributed by atoms with van der Waals surface area (Å²) in [5.41, 5.74) is 7.58. The van der Waals surface area contributed by atoms with Crippen molar-refractivity contribution in [2.24, 2.45) is 7.05 Å². The van der Waals surface area contributed by atoms with E-state index in [9.17, 15) is 4.79 Å². The van der Waals surface area contributed by atoms with E-state index < -0.39 is 0 Å². The van der Waals surface area contributed by atoms with E-state index in [4.69, 9.17) is 10.5 Å². The summed E-state index contributed by atoms with van der Waals surface area (Å²) in [6.07, 6.45) is 1.25. The molecule has 20 heavy (non-hydrogen) atoms. The zero-order chi connectivity index (χ0) is 14.5. The first kappa shape index (κ1) is 14.6. The lowest BCUT2D eigenvalue weighted by Crippen LogP contribution is -2.41. The standard InChI is InChI=1S/C13H23N5O2/c1-3-10-12(14)13(17(2)16-10)15-5-4-11(19)18-6-8-20-9-7-18/h15H,3-9,14H2,1-2H3. The van der Waals surface area contributed by atoms with Gasteiger partial charge in [0.2, 0.25) is 5.91 Å². The number of nitrogens with two attached hydrogens (primary N) is 1.